The van der Waals surface area contributed by atoms with Gasteiger partial charge in [-0.2, -0.15) is 0 Å². The Bertz CT molecular complexity index is 613. The molecule has 0 bridgehead atoms. The fourth-order valence-electron chi connectivity index (χ4n) is 3.64. The van der Waals surface area contributed by atoms with E-state index in [1.54, 1.807) is 0 Å². The second-order valence-electron chi connectivity index (χ2n) is 7.32. The lowest BCUT2D eigenvalue weighted by atomic mass is 10.1. The highest BCUT2D eigenvalue weighted by atomic mass is 35.5. The van der Waals surface area contributed by atoms with Crippen molar-refractivity contribution in [3.63, 3.8) is 0 Å². The summed E-state index contributed by atoms with van der Waals surface area (Å²) in [6.45, 7) is 4.38. The maximum atomic E-state index is 2.27. The summed E-state index contributed by atoms with van der Waals surface area (Å²) in [6.07, 6.45) is 18.2. The van der Waals surface area contributed by atoms with Gasteiger partial charge in [0.25, 0.3) is 0 Å². The quantitative estimate of drug-likeness (QED) is 0.255. The second-order valence-corrected chi connectivity index (χ2v) is 7.32. The van der Waals surface area contributed by atoms with Crippen LogP contribution in [0.4, 0.5) is 0 Å². The van der Waals surface area contributed by atoms with Crippen LogP contribution in [0.3, 0.4) is 0 Å². The third-order valence-corrected chi connectivity index (χ3v) is 5.17. The minimum atomic E-state index is 0. The van der Waals surface area contributed by atoms with Crippen molar-refractivity contribution < 1.29 is 0 Å². The molecule has 2 aromatic carbocycles. The molecule has 0 spiro atoms. The van der Waals surface area contributed by atoms with Gasteiger partial charge in [-0.15, -0.1) is 12.4 Å². The average Bonchev–Trinajstić information content (AvgIpc) is 3.06. The summed E-state index contributed by atoms with van der Waals surface area (Å²) >= 11 is 0. The molecule has 0 saturated heterocycles. The summed E-state index contributed by atoms with van der Waals surface area (Å²) in [6, 6.07) is 17.3. The van der Waals surface area contributed by atoms with E-state index in [4.69, 9.17) is 0 Å². The zero-order valence-corrected chi connectivity index (χ0v) is 18.1. The molecule has 27 heavy (non-hydrogen) atoms. The molecule has 0 N–H and O–H groups in total. The zero-order chi connectivity index (χ0) is 18.5. The highest BCUT2D eigenvalue weighted by Crippen LogP contribution is 2.35. The molecule has 0 heterocycles. The summed E-state index contributed by atoms with van der Waals surface area (Å²) in [7, 11) is 0. The Labute approximate surface area is 173 Å². The van der Waals surface area contributed by atoms with Gasteiger partial charge in [-0.1, -0.05) is 113 Å². The van der Waals surface area contributed by atoms with Crippen molar-refractivity contribution in [3.8, 4) is 11.1 Å². The molecule has 1 heteroatoms. The number of hydrogen-bond acceptors (Lipinski definition) is 0. The number of hydrogen-bond donors (Lipinski definition) is 0. The number of halogens is 1. The monoisotopic (exact) mass is 384 g/mol. The van der Waals surface area contributed by atoms with Gasteiger partial charge in [0.1, 0.15) is 0 Å². The third-order valence-electron chi connectivity index (χ3n) is 5.17. The molecule has 0 radical (unpaired) electrons. The van der Waals surface area contributed by atoms with Gasteiger partial charge in [0.2, 0.25) is 0 Å². The normalized spacial score (nSPS) is 11.3. The van der Waals surface area contributed by atoms with E-state index in [-0.39, 0.29) is 12.4 Å². The first kappa shape index (κ1) is 23.5. The Morgan fingerprint density at radius 1 is 0.704 bits per heavy atom. The highest BCUT2D eigenvalue weighted by molar-refractivity contribution is 5.85. The van der Waals surface area contributed by atoms with E-state index in [0.717, 1.165) is 6.42 Å². The molecule has 0 saturated carbocycles. The summed E-state index contributed by atoms with van der Waals surface area (Å²) < 4.78 is 0. The molecule has 0 unspecified atom stereocenters. The standard InChI is InChI=1S/C13H10.C13H26.ClH/c1-3-7-12-10(5-1)9-11-6-2-4-8-13(11)12;1-3-5-7-9-11-13-12-10-8-6-4-2;/h1-8H,9H2;3,5H,4,6-13H2,1-2H3;1H. The Hall–Kier alpha value is -1.53. The van der Waals surface area contributed by atoms with Crippen molar-refractivity contribution in [1.29, 1.82) is 0 Å². The third kappa shape index (κ3) is 8.35. The van der Waals surface area contributed by atoms with Gasteiger partial charge in [-0.05, 0) is 48.4 Å². The Morgan fingerprint density at radius 3 is 1.70 bits per heavy atom. The number of unbranched alkanes of at least 4 members (excludes halogenated alkanes) is 8. The molecular weight excluding hydrogens is 348 g/mol. The summed E-state index contributed by atoms with van der Waals surface area (Å²) in [5.74, 6) is 0. The van der Waals surface area contributed by atoms with E-state index in [2.05, 4.69) is 74.5 Å². The molecule has 1 aliphatic carbocycles. The van der Waals surface area contributed by atoms with Crippen molar-refractivity contribution in [2.45, 2.75) is 78.1 Å². The van der Waals surface area contributed by atoms with Gasteiger partial charge < -0.3 is 0 Å². The first-order valence-corrected chi connectivity index (χ1v) is 10.6. The smallest absolute Gasteiger partial charge is 0.00135 e. The molecule has 0 aliphatic heterocycles. The Kier molecular flexibility index (Phi) is 12.6. The van der Waals surface area contributed by atoms with Gasteiger partial charge in [-0.3, -0.25) is 0 Å². The SMILES string of the molecule is CC=CCCCCCCCCCC.Cl.c1ccc2c(c1)Cc1ccccc1-2. The van der Waals surface area contributed by atoms with Crippen molar-refractivity contribution >= 4 is 12.4 Å². The van der Waals surface area contributed by atoms with Crippen LogP contribution in [0.1, 0.15) is 82.8 Å². The molecule has 148 valence electrons. The molecule has 0 fully saturated rings. The van der Waals surface area contributed by atoms with Crippen LogP contribution in [0.15, 0.2) is 60.7 Å². The van der Waals surface area contributed by atoms with Crippen LogP contribution in [-0.2, 0) is 6.42 Å². The van der Waals surface area contributed by atoms with Crippen molar-refractivity contribution in [2.75, 3.05) is 0 Å². The lowest BCUT2D eigenvalue weighted by Gasteiger charge is -1.99. The van der Waals surface area contributed by atoms with Crippen LogP contribution < -0.4 is 0 Å². The predicted octanol–water partition coefficient (Wildman–Crippen LogP) is 8.77. The number of fused-ring (bicyclic) bond motifs is 3. The lowest BCUT2D eigenvalue weighted by molar-refractivity contribution is 0.577. The van der Waals surface area contributed by atoms with E-state index < -0.39 is 0 Å². The van der Waals surface area contributed by atoms with Gasteiger partial charge in [0, 0.05) is 0 Å². The maximum absolute atomic E-state index is 2.27. The average molecular weight is 385 g/mol. The zero-order valence-electron chi connectivity index (χ0n) is 17.3. The van der Waals surface area contributed by atoms with Crippen LogP contribution in [0.25, 0.3) is 11.1 Å². The minimum absolute atomic E-state index is 0. The molecule has 2 aromatic rings. The van der Waals surface area contributed by atoms with Gasteiger partial charge in [0.15, 0.2) is 0 Å². The molecule has 1 aliphatic rings. The van der Waals surface area contributed by atoms with Crippen molar-refractivity contribution in [2.24, 2.45) is 0 Å². The molecule has 0 atom stereocenters. The van der Waals surface area contributed by atoms with E-state index >= 15 is 0 Å². The van der Waals surface area contributed by atoms with Crippen LogP contribution in [0.2, 0.25) is 0 Å². The topological polar surface area (TPSA) is 0 Å². The largest absolute Gasteiger partial charge is 0.147 e. The Balaban J connectivity index is 0.000000260. The summed E-state index contributed by atoms with van der Waals surface area (Å²) in [4.78, 5) is 0. The molecule has 0 aromatic heterocycles. The summed E-state index contributed by atoms with van der Waals surface area (Å²) in [5, 5.41) is 0. The van der Waals surface area contributed by atoms with Crippen molar-refractivity contribution in [3.05, 3.63) is 71.8 Å². The first-order chi connectivity index (χ1) is 12.9. The van der Waals surface area contributed by atoms with Gasteiger partial charge in [-0.25, -0.2) is 0 Å². The van der Waals surface area contributed by atoms with E-state index in [0.29, 0.717) is 0 Å². The van der Waals surface area contributed by atoms with E-state index in [1.807, 2.05) is 0 Å². The van der Waals surface area contributed by atoms with Crippen LogP contribution in [-0.4, -0.2) is 0 Å². The lowest BCUT2D eigenvalue weighted by Crippen LogP contribution is -1.79. The van der Waals surface area contributed by atoms with Crippen LogP contribution in [0, 0.1) is 0 Å². The number of benzene rings is 2. The van der Waals surface area contributed by atoms with Gasteiger partial charge >= 0.3 is 0 Å². The van der Waals surface area contributed by atoms with E-state index in [9.17, 15) is 0 Å². The fourth-order valence-corrected chi connectivity index (χ4v) is 3.64. The number of allylic oxidation sites excluding steroid dienone is 2. The first-order valence-electron chi connectivity index (χ1n) is 10.6. The molecule has 3 rings (SSSR count). The molecule has 0 amide bonds. The molecule has 0 nitrogen and oxygen atoms in total. The summed E-state index contributed by atoms with van der Waals surface area (Å²) in [5.41, 5.74) is 5.75. The fraction of sp³-hybridized carbons (Fsp3) is 0.462. The van der Waals surface area contributed by atoms with E-state index in [1.165, 1.54) is 80.0 Å². The number of rotatable bonds is 9. The van der Waals surface area contributed by atoms with Crippen LogP contribution >= 0.6 is 12.4 Å². The maximum Gasteiger partial charge on any atom is -0.00135 e. The van der Waals surface area contributed by atoms with Crippen molar-refractivity contribution in [1.82, 2.24) is 0 Å². The van der Waals surface area contributed by atoms with Crippen LogP contribution in [0.5, 0.6) is 0 Å². The Morgan fingerprint density at radius 2 is 1.19 bits per heavy atom. The molecular formula is C26H37Cl. The second kappa shape index (κ2) is 14.5. The highest BCUT2D eigenvalue weighted by Gasteiger charge is 2.15. The predicted molar refractivity (Wildman–Crippen MR) is 124 cm³/mol. The minimum Gasteiger partial charge on any atom is -0.147 e. The van der Waals surface area contributed by atoms with Gasteiger partial charge in [0.05, 0.1) is 0 Å².